The summed E-state index contributed by atoms with van der Waals surface area (Å²) in [5.74, 6) is 0.212. The molecule has 9 N–H and O–H groups in total. The van der Waals surface area contributed by atoms with Crippen LogP contribution in [0, 0.1) is 18.6 Å². The summed E-state index contributed by atoms with van der Waals surface area (Å²) in [4.78, 5) is 50.0. The molecular formula is C99H202N22O3. The van der Waals surface area contributed by atoms with Crippen LogP contribution in [0.25, 0.3) is 9.69 Å². The summed E-state index contributed by atoms with van der Waals surface area (Å²) in [7, 11) is 0. The number of ether oxygens (including phenoxy) is 1. The molecule has 0 aromatic rings. The Balaban J connectivity index is 0.000000245. The minimum atomic E-state index is -0.0147. The lowest BCUT2D eigenvalue weighted by Gasteiger charge is -2.42. The SMILES string of the molecule is CC(C)(C)N1CC2CC1CN2.CC(C)(C)N1CC2CCC(C1)N2.CC(C)(C)N1CC2NCCOC2C1.CC(C)(C)N1CCC2(CCCC2)C1.CC(C)(C)N1CCN(CCN)CC1.CC(C)(C)N1CCNC(CO)C1.CC(C)(C)N1CCNCC1=O.CCNC1CCN(C(C)(C)C)C1.[C-]#[N+]CCN1CCN(C(C)(C)C)CC1.[C-]#[N+]CN1CCN(C(C)(C)C)CC1. The van der Waals surface area contributed by atoms with E-state index >= 15 is 0 Å². The van der Waals surface area contributed by atoms with Gasteiger partial charge in [0.1, 0.15) is 0 Å². The van der Waals surface area contributed by atoms with Crippen LogP contribution in [-0.2, 0) is 9.53 Å². The smallest absolute Gasteiger partial charge is 0.270 e. The van der Waals surface area contributed by atoms with Gasteiger partial charge in [-0.2, -0.15) is 0 Å². The van der Waals surface area contributed by atoms with Gasteiger partial charge in [-0.05, 0) is 271 Å². The highest BCUT2D eigenvalue weighted by molar-refractivity contribution is 5.79. The van der Waals surface area contributed by atoms with Crippen LogP contribution in [0.3, 0.4) is 0 Å². The standard InChI is InChI=1S/C12H23N.C11H21N3.C10H19N3.C10H23N3.C10H20N2O.C10H20N2.C10H22N2.C9H20N2O.C9H18N2.C8H16N2O/c1-11(2,3)13-9-8-12(10-13)6-4-5-7-12;1-11(2,3)14-9-7-13(8-10-14)6-5-12-4;1-10(2,3)13-7-5-12(6-8-13)9-11-4;1-10(2,3)13-8-6-12(5-4-11)7-9-13;1-10(2,3)12-6-8-9(7-12)13-5-4-11-8;1-10(2,3)12-6-8-4-5-9(7-12)11-8;1-5-11-9-6-7-12(8-9)10(2,3)4;1-9(2,3)11-5-4-10-8(6-11)7-12;1-9(2,3)11-6-7-4-8(11)5-10-7;1-8(2,3)10-5-4-9-6-7(10)11/h4-10H2,1-3H3;5-10H2,1-3H3;5-9H2,1-3H3;4-9,11H2,1-3H3;8-9,11H,4-7H2,1-3H3;8-9,11H,4-7H2,1-3H3;9,11H,5-8H2,1-4H3;8,10,12H,4-7H2,1-3H3;7-8,10H,4-6H2,1-3H3;9H,4-6H2,1-3H3. The number of carbonyl (C=O) groups is 1. The van der Waals surface area contributed by atoms with Crippen molar-refractivity contribution in [3.05, 3.63) is 22.8 Å². The van der Waals surface area contributed by atoms with Crippen LogP contribution in [0.1, 0.15) is 272 Å². The van der Waals surface area contributed by atoms with Gasteiger partial charge in [-0.3, -0.25) is 63.5 Å². The first-order valence-electron chi connectivity index (χ1n) is 49.7. The molecule has 0 aromatic heterocycles. The predicted molar refractivity (Wildman–Crippen MR) is 526 cm³/mol. The van der Waals surface area contributed by atoms with E-state index in [1.165, 1.54) is 136 Å². The molecule has 1 aliphatic carbocycles. The summed E-state index contributed by atoms with van der Waals surface area (Å²) in [5, 5.41) is 29.5. The number of morpholine rings is 1. The van der Waals surface area contributed by atoms with E-state index in [-0.39, 0.29) is 40.7 Å². The van der Waals surface area contributed by atoms with Gasteiger partial charge in [-0.15, -0.1) is 0 Å². The van der Waals surface area contributed by atoms with Gasteiger partial charge in [0.15, 0.2) is 0 Å². The molecule has 1 spiro atoms. The Labute approximate surface area is 764 Å². The van der Waals surface area contributed by atoms with Crippen molar-refractivity contribution in [1.82, 2.24) is 95.6 Å². The number of fused-ring (bicyclic) bond motifs is 5. The lowest BCUT2D eigenvalue weighted by Crippen LogP contribution is -2.57. The first kappa shape index (κ1) is 112. The van der Waals surface area contributed by atoms with Crippen LogP contribution in [0.15, 0.2) is 0 Å². The van der Waals surface area contributed by atoms with E-state index in [0.29, 0.717) is 65.1 Å². The summed E-state index contributed by atoms with van der Waals surface area (Å²) in [6.45, 7) is 122. The van der Waals surface area contributed by atoms with Crippen molar-refractivity contribution in [2.75, 3.05) is 242 Å². The molecule has 13 saturated heterocycles. The first-order chi connectivity index (χ1) is 57.4. The van der Waals surface area contributed by atoms with Gasteiger partial charge in [0, 0.05) is 287 Å². The van der Waals surface area contributed by atoms with Gasteiger partial charge in [0.05, 0.1) is 32.4 Å². The second-order valence-electron chi connectivity index (χ2n) is 48.4. The number of nitrogens with two attached hydrogens (primary N) is 1. The van der Waals surface area contributed by atoms with Crippen LogP contribution in [0.4, 0.5) is 0 Å². The molecular weight excluding hydrogens is 1550 g/mol. The van der Waals surface area contributed by atoms with Crippen LogP contribution in [0.2, 0.25) is 0 Å². The van der Waals surface area contributed by atoms with Crippen molar-refractivity contribution in [2.24, 2.45) is 11.1 Å². The number of nitrogens with zero attached hydrogens (tertiary/aromatic N) is 15. The Morgan fingerprint density at radius 1 is 0.468 bits per heavy atom. The second-order valence-corrected chi connectivity index (χ2v) is 48.4. The monoisotopic (exact) mass is 1750 g/mol. The number of carbonyl (C=O) groups excluding carboxylic acids is 1. The van der Waals surface area contributed by atoms with Crippen LogP contribution in [-0.4, -0.2) is 421 Å². The van der Waals surface area contributed by atoms with E-state index < -0.39 is 0 Å². The molecule has 8 unspecified atom stereocenters. The number of likely N-dealkylation sites (tertiary alicyclic amines) is 5. The normalized spacial score (nSPS) is 27.8. The molecule has 14 fully saturated rings. The number of piperazine rings is 7. The van der Waals surface area contributed by atoms with Crippen molar-refractivity contribution in [1.29, 1.82) is 0 Å². The van der Waals surface area contributed by atoms with Gasteiger partial charge < -0.3 is 57.2 Å². The maximum Gasteiger partial charge on any atom is 0.270 e. The summed E-state index contributed by atoms with van der Waals surface area (Å²) < 4.78 is 5.72. The third-order valence-electron chi connectivity index (χ3n) is 28.4. The summed E-state index contributed by atoms with van der Waals surface area (Å²) in [6, 6.07) is 4.73. The van der Waals surface area contributed by atoms with E-state index in [1.807, 2.05) is 4.90 Å². The number of aliphatic hydroxyl groups is 1. The van der Waals surface area contributed by atoms with Gasteiger partial charge in [-0.25, -0.2) is 18.0 Å². The van der Waals surface area contributed by atoms with Gasteiger partial charge in [0.25, 0.3) is 6.67 Å². The molecule has 1 saturated carbocycles. The topological polar surface area (TPSA) is 196 Å². The number of rotatable bonds is 8. The first-order valence-corrected chi connectivity index (χ1v) is 49.7. The third-order valence-corrected chi connectivity index (χ3v) is 28.4. The van der Waals surface area contributed by atoms with E-state index in [1.54, 1.807) is 0 Å². The van der Waals surface area contributed by atoms with Gasteiger partial charge >= 0.3 is 0 Å². The van der Waals surface area contributed by atoms with Crippen molar-refractivity contribution in [3.8, 4) is 0 Å². The molecule has 25 nitrogen and oxygen atoms in total. The molecule has 25 heteroatoms. The Bertz CT molecular complexity index is 2970. The quantitative estimate of drug-likeness (QED) is 0.107. The molecule has 13 heterocycles. The fourth-order valence-corrected chi connectivity index (χ4v) is 19.9. The molecule has 14 aliphatic rings. The molecule has 14 rings (SSSR count). The number of amides is 1. The number of aliphatic hydroxyl groups excluding tert-OH is 1. The lowest BCUT2D eigenvalue weighted by atomic mass is 9.85. The molecule has 1 amide bonds. The number of hydrogen-bond acceptors (Lipinski definition) is 22. The molecule has 8 atom stereocenters. The van der Waals surface area contributed by atoms with Crippen molar-refractivity contribution >= 4 is 5.91 Å². The van der Waals surface area contributed by atoms with Gasteiger partial charge in [0.2, 0.25) is 12.5 Å². The van der Waals surface area contributed by atoms with E-state index in [0.717, 1.165) is 173 Å². The molecule has 726 valence electrons. The zero-order valence-corrected chi connectivity index (χ0v) is 86.7. The summed E-state index contributed by atoms with van der Waals surface area (Å²) >= 11 is 0. The second kappa shape index (κ2) is 50.6. The molecule has 0 radical (unpaired) electrons. The lowest BCUT2D eigenvalue weighted by molar-refractivity contribution is -0.136. The summed E-state index contributed by atoms with van der Waals surface area (Å²) in [6.07, 6.45) is 13.3. The average molecular weight is 1750 g/mol. The van der Waals surface area contributed by atoms with Crippen LogP contribution in [0.5, 0.6) is 0 Å². The zero-order chi connectivity index (χ0) is 93.1. The Morgan fingerprint density at radius 2 is 0.960 bits per heavy atom. The highest BCUT2D eigenvalue weighted by atomic mass is 16.5. The zero-order valence-electron chi connectivity index (χ0n) is 86.7. The number of hydrogen-bond donors (Lipinski definition) is 8. The van der Waals surface area contributed by atoms with Crippen molar-refractivity contribution in [3.63, 3.8) is 0 Å². The highest BCUT2D eigenvalue weighted by Crippen LogP contribution is 2.47. The largest absolute Gasteiger partial charge is 0.395 e. The number of likely N-dealkylation sites (N-methyl/N-ethyl adjacent to an activating group) is 1. The van der Waals surface area contributed by atoms with E-state index in [4.69, 9.17) is 28.7 Å². The Kier molecular flexibility index (Phi) is 45.8. The van der Waals surface area contributed by atoms with Gasteiger partial charge in [-0.1, -0.05) is 19.8 Å². The maximum absolute atomic E-state index is 11.3. The molecule has 4 bridgehead atoms. The fourth-order valence-electron chi connectivity index (χ4n) is 19.9. The number of nitrogens with one attached hydrogen (secondary N) is 6. The summed E-state index contributed by atoms with van der Waals surface area (Å²) in [5.41, 5.74) is 9.16. The minimum absolute atomic E-state index is 0.0147. The maximum atomic E-state index is 11.3. The third kappa shape index (κ3) is 39.8. The fraction of sp³-hybridized carbons (Fsp3) is 0.970. The van der Waals surface area contributed by atoms with Crippen LogP contribution >= 0.6 is 0 Å². The Hall–Kier alpha value is -2.39. The molecule has 13 aliphatic heterocycles. The highest BCUT2D eigenvalue weighted by Gasteiger charge is 2.46. The molecule has 124 heavy (non-hydrogen) atoms. The van der Waals surface area contributed by atoms with Crippen molar-refractivity contribution in [2.45, 2.75) is 376 Å². The Morgan fingerprint density at radius 3 is 1.35 bits per heavy atom. The van der Waals surface area contributed by atoms with E-state index in [9.17, 15) is 4.79 Å². The van der Waals surface area contributed by atoms with E-state index in [2.05, 4.69) is 315 Å². The van der Waals surface area contributed by atoms with Crippen molar-refractivity contribution < 1.29 is 14.6 Å². The minimum Gasteiger partial charge on any atom is -0.395 e. The van der Waals surface area contributed by atoms with Crippen LogP contribution < -0.4 is 37.6 Å². The molecule has 0 aromatic carbocycles. The average Bonchev–Trinajstić information content (AvgIpc) is 1.65. The predicted octanol–water partition coefficient (Wildman–Crippen LogP) is 10.3.